The van der Waals surface area contributed by atoms with E-state index in [4.69, 9.17) is 0 Å². The molecule has 0 aliphatic carbocycles. The van der Waals surface area contributed by atoms with Gasteiger partial charge >= 0.3 is 0 Å². The molecule has 3 amide bonds. The van der Waals surface area contributed by atoms with Crippen molar-refractivity contribution in [1.29, 1.82) is 0 Å². The Balaban J connectivity index is 1.08. The van der Waals surface area contributed by atoms with Crippen molar-refractivity contribution in [3.05, 3.63) is 60.0 Å². The molecule has 2 aromatic heterocycles. The van der Waals surface area contributed by atoms with Gasteiger partial charge in [-0.05, 0) is 56.9 Å². The van der Waals surface area contributed by atoms with Gasteiger partial charge in [-0.1, -0.05) is 39.0 Å². The number of benzene rings is 1. The summed E-state index contributed by atoms with van der Waals surface area (Å²) in [5.41, 5.74) is 2.44. The number of pyridine rings is 1. The van der Waals surface area contributed by atoms with E-state index in [0.29, 0.717) is 24.5 Å². The second kappa shape index (κ2) is 11.2. The van der Waals surface area contributed by atoms with Crippen molar-refractivity contribution in [2.45, 2.75) is 71.6 Å². The van der Waals surface area contributed by atoms with E-state index in [1.807, 2.05) is 79.2 Å². The van der Waals surface area contributed by atoms with E-state index in [0.717, 1.165) is 49.2 Å². The van der Waals surface area contributed by atoms with Crippen LogP contribution in [0.15, 0.2) is 48.7 Å². The van der Waals surface area contributed by atoms with Crippen LogP contribution in [0.1, 0.15) is 68.9 Å². The highest BCUT2D eigenvalue weighted by atomic mass is 16.2. The molecule has 3 saturated heterocycles. The summed E-state index contributed by atoms with van der Waals surface area (Å²) >= 11 is 0. The van der Waals surface area contributed by atoms with Crippen molar-refractivity contribution in [1.82, 2.24) is 30.0 Å². The Morgan fingerprint density at radius 3 is 2.18 bits per heavy atom. The van der Waals surface area contributed by atoms with Crippen LogP contribution in [-0.4, -0.2) is 105 Å². The molecule has 2 bridgehead atoms. The first-order valence-corrected chi connectivity index (χ1v) is 15.8. The number of anilines is 1. The number of piperazine rings is 2. The fourth-order valence-corrected chi connectivity index (χ4v) is 6.89. The summed E-state index contributed by atoms with van der Waals surface area (Å²) < 4.78 is 0. The fraction of sp³-hybridized carbons (Fsp3) is 0.529. The molecule has 3 atom stereocenters. The number of H-pyrrole nitrogens is 1. The molecular weight excluding hydrogens is 554 g/mol. The number of nitrogens with one attached hydrogen (secondary N) is 2. The van der Waals surface area contributed by atoms with Gasteiger partial charge in [0.2, 0.25) is 5.91 Å². The topological polar surface area (TPSA) is 105 Å². The van der Waals surface area contributed by atoms with Gasteiger partial charge in [0.1, 0.15) is 17.4 Å². The van der Waals surface area contributed by atoms with Crippen LogP contribution < -0.4 is 10.2 Å². The maximum atomic E-state index is 13.9. The highest BCUT2D eigenvalue weighted by Gasteiger charge is 2.50. The minimum Gasteiger partial charge on any atom is -0.368 e. The summed E-state index contributed by atoms with van der Waals surface area (Å²) in [6.07, 6.45) is 2.55. The molecule has 5 heterocycles. The highest BCUT2D eigenvalue weighted by molar-refractivity contribution is 6.00. The molecule has 3 aromatic rings. The predicted molar refractivity (Wildman–Crippen MR) is 172 cm³/mol. The van der Waals surface area contributed by atoms with E-state index in [-0.39, 0.29) is 35.3 Å². The third kappa shape index (κ3) is 5.79. The second-order valence-corrected chi connectivity index (χ2v) is 14.6. The molecule has 10 heteroatoms. The van der Waals surface area contributed by atoms with Gasteiger partial charge in [0.05, 0.1) is 24.0 Å². The average Bonchev–Trinajstić information content (AvgIpc) is 3.73. The maximum Gasteiger partial charge on any atom is 0.272 e. The fourth-order valence-electron chi connectivity index (χ4n) is 6.89. The van der Waals surface area contributed by atoms with Gasteiger partial charge in [-0.15, -0.1) is 0 Å². The van der Waals surface area contributed by atoms with E-state index in [9.17, 15) is 14.4 Å². The molecule has 0 radical (unpaired) electrons. The molecule has 1 aromatic carbocycles. The number of rotatable bonds is 5. The van der Waals surface area contributed by atoms with Crippen molar-refractivity contribution >= 4 is 34.3 Å². The monoisotopic (exact) mass is 599 g/mol. The number of hydrogen-bond donors (Lipinski definition) is 2. The zero-order valence-corrected chi connectivity index (χ0v) is 26.8. The molecule has 10 nitrogen and oxygen atoms in total. The van der Waals surface area contributed by atoms with E-state index in [1.54, 1.807) is 0 Å². The van der Waals surface area contributed by atoms with Crippen LogP contribution in [0, 0.1) is 5.41 Å². The van der Waals surface area contributed by atoms with Crippen LogP contribution in [0.4, 0.5) is 5.69 Å². The molecule has 0 saturated carbocycles. The molecule has 44 heavy (non-hydrogen) atoms. The Hall–Kier alpha value is -3.92. The van der Waals surface area contributed by atoms with Gasteiger partial charge in [-0.25, -0.2) is 4.98 Å². The van der Waals surface area contributed by atoms with Crippen molar-refractivity contribution in [2.24, 2.45) is 5.41 Å². The first-order chi connectivity index (χ1) is 20.8. The second-order valence-electron chi connectivity index (χ2n) is 14.6. The number of aromatic nitrogens is 2. The Morgan fingerprint density at radius 2 is 1.59 bits per heavy atom. The number of likely N-dealkylation sites (tertiary alicyclic amines) is 2. The number of hydrogen-bond acceptors (Lipinski definition) is 6. The molecular formula is C34H45N7O3. The number of fused-ring (bicyclic) bond motifs is 3. The van der Waals surface area contributed by atoms with Crippen molar-refractivity contribution in [3.8, 4) is 0 Å². The van der Waals surface area contributed by atoms with Crippen molar-refractivity contribution in [3.63, 3.8) is 0 Å². The Kier molecular flexibility index (Phi) is 7.68. The number of para-hydroxylation sites is 1. The van der Waals surface area contributed by atoms with Gasteiger partial charge < -0.3 is 25.0 Å². The number of carbonyl (C=O) groups excluding carboxylic acids is 3. The largest absolute Gasteiger partial charge is 0.368 e. The summed E-state index contributed by atoms with van der Waals surface area (Å²) in [4.78, 5) is 56.9. The van der Waals surface area contributed by atoms with Crippen LogP contribution in [0.25, 0.3) is 10.9 Å². The lowest BCUT2D eigenvalue weighted by Gasteiger charge is -2.43. The maximum absolute atomic E-state index is 13.9. The summed E-state index contributed by atoms with van der Waals surface area (Å²) in [6.45, 7) is 17.4. The molecule has 3 aliphatic heterocycles. The van der Waals surface area contributed by atoms with Crippen LogP contribution in [0.5, 0.6) is 0 Å². The van der Waals surface area contributed by atoms with E-state index >= 15 is 0 Å². The first kappa shape index (κ1) is 30.1. The molecule has 3 aliphatic rings. The summed E-state index contributed by atoms with van der Waals surface area (Å²) in [5, 5.41) is 3.96. The average molecular weight is 600 g/mol. The molecule has 3 fully saturated rings. The minimum absolute atomic E-state index is 0.0616. The van der Waals surface area contributed by atoms with Crippen LogP contribution >= 0.6 is 0 Å². The predicted octanol–water partition coefficient (Wildman–Crippen LogP) is 3.75. The van der Waals surface area contributed by atoms with Crippen LogP contribution in [0.2, 0.25) is 0 Å². The quantitative estimate of drug-likeness (QED) is 0.463. The first-order valence-electron chi connectivity index (χ1n) is 15.8. The Labute approximate surface area is 259 Å². The van der Waals surface area contributed by atoms with Gasteiger partial charge in [0.15, 0.2) is 0 Å². The number of amides is 3. The van der Waals surface area contributed by atoms with Gasteiger partial charge in [-0.3, -0.25) is 19.3 Å². The van der Waals surface area contributed by atoms with E-state index in [2.05, 4.69) is 45.9 Å². The normalized spacial score (nSPS) is 21.6. The zero-order valence-electron chi connectivity index (χ0n) is 26.8. The van der Waals surface area contributed by atoms with Crippen molar-refractivity contribution in [2.75, 3.05) is 44.2 Å². The lowest BCUT2D eigenvalue weighted by atomic mass is 9.85. The number of nitrogens with zero attached hydrogens (tertiary/aromatic N) is 5. The number of carbonyl (C=O) groups is 3. The zero-order chi connectivity index (χ0) is 31.4. The van der Waals surface area contributed by atoms with Crippen molar-refractivity contribution < 1.29 is 14.4 Å². The summed E-state index contributed by atoms with van der Waals surface area (Å²) in [7, 11) is 0. The summed E-state index contributed by atoms with van der Waals surface area (Å²) in [6, 6.07) is 12.5. The smallest absolute Gasteiger partial charge is 0.272 e. The summed E-state index contributed by atoms with van der Waals surface area (Å²) in [5.74, 6) is -0.495. The standard InChI is InChI=1S/C34H45N7O3/c1-33(2,3)29(37-30(42)28-17-22-9-7-8-10-26(22)36-28)32(44)41-21-24-18-25(41)20-40(24)31(43)27-12-11-23(19-35-27)38-13-15-39(16-14-38)34(4,5)6/h7-12,17,19,24-25,29,36H,13-16,18,20-21H2,1-6H3,(H,37,42)/t24-,25-,29-/m0/s1. The molecule has 0 spiro atoms. The van der Waals surface area contributed by atoms with Gasteiger partial charge in [0, 0.05) is 55.7 Å². The van der Waals surface area contributed by atoms with Crippen LogP contribution in [0.3, 0.4) is 0 Å². The third-order valence-electron chi connectivity index (χ3n) is 9.51. The van der Waals surface area contributed by atoms with E-state index in [1.165, 1.54) is 0 Å². The minimum atomic E-state index is -0.704. The third-order valence-corrected chi connectivity index (χ3v) is 9.51. The van der Waals surface area contributed by atoms with E-state index < -0.39 is 11.5 Å². The lowest BCUT2D eigenvalue weighted by Crippen LogP contribution is -2.59. The number of aromatic amines is 1. The van der Waals surface area contributed by atoms with Gasteiger partial charge in [-0.2, -0.15) is 0 Å². The molecule has 2 N–H and O–H groups in total. The molecule has 6 rings (SSSR count). The Bertz CT molecular complexity index is 1510. The Morgan fingerprint density at radius 1 is 0.909 bits per heavy atom. The molecule has 234 valence electrons. The van der Waals surface area contributed by atoms with Crippen LogP contribution in [-0.2, 0) is 4.79 Å². The lowest BCUT2D eigenvalue weighted by molar-refractivity contribution is -0.138. The highest BCUT2D eigenvalue weighted by Crippen LogP contribution is 2.34. The molecule has 0 unspecified atom stereocenters. The van der Waals surface area contributed by atoms with Gasteiger partial charge in [0.25, 0.3) is 11.8 Å². The SMILES string of the molecule is CC(C)(C)[C@@H](NC(=O)c1cc2ccccc2[nH]1)C(=O)N1C[C@@H]2C[C@H]1CN2C(=O)c1ccc(N2CCN(C(C)(C)C)CC2)cn1.